The van der Waals surface area contributed by atoms with Crippen molar-refractivity contribution in [3.8, 4) is 12.1 Å². The molecule has 1 aromatic carbocycles. The number of amides is 2. The molecule has 2 aromatic rings. The predicted octanol–water partition coefficient (Wildman–Crippen LogP) is 2.66. The molecular weight excluding hydrogens is 416 g/mol. The van der Waals surface area contributed by atoms with Crippen LogP contribution in [0.3, 0.4) is 0 Å². The van der Waals surface area contributed by atoms with Crippen molar-refractivity contribution >= 4 is 23.4 Å². The van der Waals surface area contributed by atoms with E-state index in [-0.39, 0.29) is 11.4 Å². The van der Waals surface area contributed by atoms with Gasteiger partial charge in [0.05, 0.1) is 11.4 Å². The number of carbonyl (C=O) groups is 2. The lowest BCUT2D eigenvalue weighted by atomic mass is 9.63. The first-order chi connectivity index (χ1) is 14.6. The van der Waals surface area contributed by atoms with Gasteiger partial charge in [-0.2, -0.15) is 10.5 Å². The highest BCUT2D eigenvalue weighted by Crippen LogP contribution is 2.70. The van der Waals surface area contributed by atoms with Crippen molar-refractivity contribution in [3.05, 3.63) is 57.6 Å². The van der Waals surface area contributed by atoms with Crippen LogP contribution in [0.5, 0.6) is 0 Å². The number of benzene rings is 1. The van der Waals surface area contributed by atoms with Crippen LogP contribution >= 0.6 is 11.6 Å². The minimum absolute atomic E-state index is 0.0457. The van der Waals surface area contributed by atoms with Gasteiger partial charge in [-0.15, -0.1) is 0 Å². The van der Waals surface area contributed by atoms with Crippen molar-refractivity contribution in [3.63, 3.8) is 0 Å². The van der Waals surface area contributed by atoms with Gasteiger partial charge in [0.2, 0.25) is 0 Å². The van der Waals surface area contributed by atoms with Crippen LogP contribution in [-0.2, 0) is 15.6 Å². The molecule has 156 valence electrons. The maximum atomic E-state index is 13.5. The van der Waals surface area contributed by atoms with Gasteiger partial charge in [0.25, 0.3) is 11.8 Å². The average molecular weight is 435 g/mol. The summed E-state index contributed by atoms with van der Waals surface area (Å²) < 4.78 is 0. The van der Waals surface area contributed by atoms with Crippen molar-refractivity contribution < 1.29 is 9.59 Å². The number of nitrogens with zero attached hydrogens (tertiary/aromatic N) is 4. The molecule has 2 unspecified atom stereocenters. The quantitative estimate of drug-likeness (QED) is 0.698. The molecule has 2 amide bonds. The van der Waals surface area contributed by atoms with E-state index >= 15 is 0 Å². The van der Waals surface area contributed by atoms with E-state index in [1.807, 2.05) is 32.9 Å². The first kappa shape index (κ1) is 20.8. The zero-order valence-corrected chi connectivity index (χ0v) is 18.0. The summed E-state index contributed by atoms with van der Waals surface area (Å²) in [7, 11) is 0. The molecule has 2 bridgehead atoms. The third-order valence-corrected chi connectivity index (χ3v) is 7.48. The Hall–Kier alpha value is -3.49. The van der Waals surface area contributed by atoms with Gasteiger partial charge < -0.3 is 0 Å². The molecule has 0 radical (unpaired) electrons. The number of hydrogen-bond donors (Lipinski definition) is 2. The molecule has 2 aliphatic carbocycles. The molecule has 1 heterocycles. The molecule has 8 nitrogen and oxygen atoms in total. The highest BCUT2D eigenvalue weighted by Gasteiger charge is 2.73. The van der Waals surface area contributed by atoms with E-state index in [2.05, 4.69) is 20.8 Å². The van der Waals surface area contributed by atoms with Crippen LogP contribution in [0.2, 0.25) is 5.02 Å². The van der Waals surface area contributed by atoms with Crippen molar-refractivity contribution in [2.24, 2.45) is 5.41 Å². The highest BCUT2D eigenvalue weighted by atomic mass is 35.5. The van der Waals surface area contributed by atoms with E-state index in [0.29, 0.717) is 34.8 Å². The van der Waals surface area contributed by atoms with E-state index in [1.165, 1.54) is 6.07 Å². The van der Waals surface area contributed by atoms with Gasteiger partial charge in [-0.1, -0.05) is 38.4 Å². The normalized spacial score (nSPS) is 24.6. The molecule has 1 aromatic heterocycles. The van der Waals surface area contributed by atoms with Gasteiger partial charge in [-0.3, -0.25) is 20.4 Å². The molecule has 4 rings (SSSR count). The number of carbonyl (C=O) groups excluding carboxylic acids is 2. The Morgan fingerprint density at radius 2 is 1.68 bits per heavy atom. The predicted molar refractivity (Wildman–Crippen MR) is 111 cm³/mol. The van der Waals surface area contributed by atoms with Crippen molar-refractivity contribution in [2.75, 3.05) is 0 Å². The molecule has 0 aliphatic heterocycles. The number of nitriles is 2. The van der Waals surface area contributed by atoms with E-state index < -0.39 is 28.1 Å². The standard InChI is InChI=1S/C22H19ClN6O2/c1-20(2)21(3)7-8-22(20,17-16(21)26-14(10-24)15(11-25)27-17)19(31)29-28-18(30)12-5-4-6-13(23)9-12/h4-6,9H,7-8H2,1-3H3,(H,28,30)(H,29,31). The maximum absolute atomic E-state index is 13.5. The Bertz CT molecular complexity index is 1230. The van der Waals surface area contributed by atoms with Crippen molar-refractivity contribution in [1.29, 1.82) is 10.5 Å². The van der Waals surface area contributed by atoms with E-state index in [1.54, 1.807) is 18.2 Å². The molecule has 1 fully saturated rings. The Labute approximate surface area is 184 Å². The summed E-state index contributed by atoms with van der Waals surface area (Å²) in [5, 5.41) is 19.2. The number of fused-ring (bicyclic) bond motifs is 5. The number of hydrogen-bond acceptors (Lipinski definition) is 6. The smallest absolute Gasteiger partial charge is 0.269 e. The summed E-state index contributed by atoms with van der Waals surface area (Å²) in [6, 6.07) is 10.2. The lowest BCUT2D eigenvalue weighted by Gasteiger charge is -2.39. The highest BCUT2D eigenvalue weighted by molar-refractivity contribution is 6.31. The summed E-state index contributed by atoms with van der Waals surface area (Å²) in [6.45, 7) is 5.92. The number of halogens is 1. The van der Waals surface area contributed by atoms with Gasteiger partial charge in [0.15, 0.2) is 11.4 Å². The molecule has 31 heavy (non-hydrogen) atoms. The van der Waals surface area contributed by atoms with Gasteiger partial charge in [-0.25, -0.2) is 9.97 Å². The van der Waals surface area contributed by atoms with Gasteiger partial charge in [0, 0.05) is 16.0 Å². The first-order valence-corrected chi connectivity index (χ1v) is 10.1. The summed E-state index contributed by atoms with van der Waals surface area (Å²) in [5.41, 5.74) is 3.87. The van der Waals surface area contributed by atoms with E-state index in [4.69, 9.17) is 11.6 Å². The van der Waals surface area contributed by atoms with E-state index in [9.17, 15) is 20.1 Å². The van der Waals surface area contributed by atoms with Crippen LogP contribution in [0.1, 0.15) is 66.7 Å². The van der Waals surface area contributed by atoms with Crippen LogP contribution in [-0.4, -0.2) is 21.8 Å². The zero-order valence-electron chi connectivity index (χ0n) is 17.2. The fourth-order valence-electron chi connectivity index (χ4n) is 5.06. The Morgan fingerprint density at radius 1 is 1.03 bits per heavy atom. The minimum atomic E-state index is -1.11. The summed E-state index contributed by atoms with van der Waals surface area (Å²) in [4.78, 5) is 34.9. The fourth-order valence-corrected chi connectivity index (χ4v) is 5.25. The molecule has 2 atom stereocenters. The molecule has 0 spiro atoms. The molecule has 2 aliphatic rings. The maximum Gasteiger partial charge on any atom is 0.269 e. The summed E-state index contributed by atoms with van der Waals surface area (Å²) in [6.07, 6.45) is 1.14. The SMILES string of the molecule is CC12CCC(C(=O)NNC(=O)c3cccc(Cl)c3)(c3nc(C#N)c(C#N)nc31)C2(C)C. The minimum Gasteiger partial charge on any atom is -0.272 e. The van der Waals surface area contributed by atoms with Crippen molar-refractivity contribution in [1.82, 2.24) is 20.8 Å². The van der Waals surface area contributed by atoms with Crippen LogP contribution in [0, 0.1) is 28.1 Å². The number of aromatic nitrogens is 2. The fraction of sp³-hybridized carbons (Fsp3) is 0.364. The van der Waals surface area contributed by atoms with Crippen LogP contribution in [0.25, 0.3) is 0 Å². The number of rotatable bonds is 2. The monoisotopic (exact) mass is 434 g/mol. The van der Waals surface area contributed by atoms with Gasteiger partial charge in [-0.05, 0) is 36.5 Å². The van der Waals surface area contributed by atoms with E-state index in [0.717, 1.165) is 0 Å². The topological polar surface area (TPSA) is 132 Å². The third-order valence-electron chi connectivity index (χ3n) is 7.24. The van der Waals surface area contributed by atoms with Crippen LogP contribution in [0.15, 0.2) is 24.3 Å². The zero-order chi connectivity index (χ0) is 22.6. The average Bonchev–Trinajstić information content (AvgIpc) is 3.05. The molecule has 2 N–H and O–H groups in total. The Morgan fingerprint density at radius 3 is 2.29 bits per heavy atom. The number of nitrogens with one attached hydrogen (secondary N) is 2. The Kier molecular flexibility index (Phi) is 4.53. The number of hydrazine groups is 1. The largest absolute Gasteiger partial charge is 0.272 e. The second-order valence-corrected chi connectivity index (χ2v) is 9.06. The second-order valence-electron chi connectivity index (χ2n) is 8.62. The summed E-state index contributed by atoms with van der Waals surface area (Å²) in [5.74, 6) is -0.939. The lowest BCUT2D eigenvalue weighted by Crippen LogP contribution is -2.55. The van der Waals surface area contributed by atoms with Gasteiger partial charge in [0.1, 0.15) is 17.6 Å². The molecular formula is C22H19ClN6O2. The summed E-state index contributed by atoms with van der Waals surface area (Å²) >= 11 is 5.94. The van der Waals surface area contributed by atoms with Crippen molar-refractivity contribution in [2.45, 2.75) is 44.4 Å². The molecule has 0 saturated heterocycles. The first-order valence-electron chi connectivity index (χ1n) is 9.72. The van der Waals surface area contributed by atoms with Crippen LogP contribution < -0.4 is 10.9 Å². The van der Waals surface area contributed by atoms with Crippen LogP contribution in [0.4, 0.5) is 0 Å². The second kappa shape index (κ2) is 6.76. The molecule has 9 heteroatoms. The van der Waals surface area contributed by atoms with Gasteiger partial charge >= 0.3 is 0 Å². The molecule has 1 saturated carbocycles. The third kappa shape index (κ3) is 2.58. The Balaban J connectivity index is 1.73. The lowest BCUT2D eigenvalue weighted by molar-refractivity contribution is -0.131.